The molecule has 7 heteroatoms. The molecule has 3 heterocycles. The van der Waals surface area contributed by atoms with E-state index in [2.05, 4.69) is 21.2 Å². The first-order chi connectivity index (χ1) is 12.4. The van der Waals surface area contributed by atoms with E-state index in [4.69, 9.17) is 19.7 Å². The van der Waals surface area contributed by atoms with Crippen LogP contribution in [0.4, 0.5) is 0 Å². The Balaban J connectivity index is 0.000000170. The Labute approximate surface area is 154 Å². The maximum absolute atomic E-state index is 5.81. The first-order valence-corrected chi connectivity index (χ1v) is 9.18. The fourth-order valence-corrected chi connectivity index (χ4v) is 2.66. The number of nitrogens with zero attached hydrogens (tertiary/aromatic N) is 3. The molecule has 1 atom stereocenters. The highest BCUT2D eigenvalue weighted by Crippen LogP contribution is 2.33. The van der Waals surface area contributed by atoms with E-state index in [0.29, 0.717) is 17.6 Å². The maximum atomic E-state index is 5.81. The lowest BCUT2D eigenvalue weighted by molar-refractivity contribution is 0.193. The van der Waals surface area contributed by atoms with Crippen LogP contribution in [0.25, 0.3) is 0 Å². The Morgan fingerprint density at radius 3 is 2.65 bits per heavy atom. The van der Waals surface area contributed by atoms with Gasteiger partial charge in [0, 0.05) is 31.2 Å². The summed E-state index contributed by atoms with van der Waals surface area (Å²) in [4.78, 5) is 8.32. The van der Waals surface area contributed by atoms with Crippen LogP contribution in [-0.2, 0) is 10.3 Å². The minimum Gasteiger partial charge on any atom is -0.477 e. The monoisotopic (exact) mass is 360 g/mol. The number of rotatable bonds is 5. The normalized spacial score (nSPS) is 19.8. The zero-order chi connectivity index (χ0) is 18.6. The molecule has 0 spiro atoms. The van der Waals surface area contributed by atoms with Gasteiger partial charge in [-0.05, 0) is 45.1 Å². The van der Waals surface area contributed by atoms with Crippen LogP contribution in [0.2, 0.25) is 0 Å². The van der Waals surface area contributed by atoms with Gasteiger partial charge < -0.3 is 19.7 Å². The quantitative estimate of drug-likeness (QED) is 0.875. The molecule has 2 aromatic rings. The molecule has 2 aromatic heterocycles. The lowest BCUT2D eigenvalue weighted by atomic mass is 10.00. The Kier molecular flexibility index (Phi) is 5.88. The van der Waals surface area contributed by atoms with Gasteiger partial charge in [-0.15, -0.1) is 0 Å². The van der Waals surface area contributed by atoms with Crippen LogP contribution in [-0.4, -0.2) is 34.9 Å². The summed E-state index contributed by atoms with van der Waals surface area (Å²) in [6.07, 6.45) is 5.52. The van der Waals surface area contributed by atoms with Crippen molar-refractivity contribution in [3.63, 3.8) is 0 Å². The van der Waals surface area contributed by atoms with E-state index in [1.54, 1.807) is 6.92 Å². The van der Waals surface area contributed by atoms with Gasteiger partial charge in [0.1, 0.15) is 0 Å². The summed E-state index contributed by atoms with van der Waals surface area (Å²) < 4.78 is 16.0. The number of hydrogen-bond acceptors (Lipinski definition) is 7. The molecular formula is C19H28N4O3. The molecule has 1 unspecified atom stereocenters. The molecule has 1 aliphatic heterocycles. The Morgan fingerprint density at radius 1 is 1.31 bits per heavy atom. The van der Waals surface area contributed by atoms with E-state index in [1.165, 1.54) is 18.4 Å². The molecule has 7 nitrogen and oxygen atoms in total. The third kappa shape index (κ3) is 5.25. The summed E-state index contributed by atoms with van der Waals surface area (Å²) in [5.41, 5.74) is 6.41. The predicted molar refractivity (Wildman–Crippen MR) is 96.9 cm³/mol. The van der Waals surface area contributed by atoms with Crippen molar-refractivity contribution in [3.05, 3.63) is 35.6 Å². The zero-order valence-corrected chi connectivity index (χ0v) is 15.8. The van der Waals surface area contributed by atoms with Crippen molar-refractivity contribution in [3.8, 4) is 5.88 Å². The summed E-state index contributed by atoms with van der Waals surface area (Å²) in [6.45, 7) is 7.90. The van der Waals surface area contributed by atoms with Crippen LogP contribution in [0.1, 0.15) is 56.3 Å². The predicted octanol–water partition coefficient (Wildman–Crippen LogP) is 2.95. The highest BCUT2D eigenvalue weighted by Gasteiger charge is 2.25. The SMILES string of the molecule is Cc1nc(C(C)(C)N)no1.c1cnc(OCC2CC2)c(C2CCOC2)c1. The molecule has 1 aliphatic carbocycles. The number of aromatic nitrogens is 3. The van der Waals surface area contributed by atoms with Crippen molar-refractivity contribution < 1.29 is 14.0 Å². The summed E-state index contributed by atoms with van der Waals surface area (Å²) in [5, 5.41) is 3.68. The standard InChI is InChI=1S/C13H17NO2.C6H11N3O/c1-2-12(11-5-7-15-9-11)13(14-6-1)16-8-10-3-4-10;1-4-8-5(9-10-4)6(2,3)7/h1-2,6,10-11H,3-5,7-9H2;7H2,1-3H3. The average molecular weight is 360 g/mol. The van der Waals surface area contributed by atoms with E-state index in [1.807, 2.05) is 26.1 Å². The molecule has 1 saturated heterocycles. The topological polar surface area (TPSA) is 96.3 Å². The third-order valence-corrected chi connectivity index (χ3v) is 4.43. The van der Waals surface area contributed by atoms with Crippen molar-refractivity contribution >= 4 is 0 Å². The molecule has 142 valence electrons. The van der Waals surface area contributed by atoms with Crippen LogP contribution in [0.3, 0.4) is 0 Å². The van der Waals surface area contributed by atoms with Gasteiger partial charge in [-0.3, -0.25) is 0 Å². The molecule has 26 heavy (non-hydrogen) atoms. The van der Waals surface area contributed by atoms with E-state index >= 15 is 0 Å². The number of nitrogens with two attached hydrogens (primary N) is 1. The maximum Gasteiger partial charge on any atom is 0.223 e. The van der Waals surface area contributed by atoms with Gasteiger partial charge in [0.25, 0.3) is 0 Å². The lowest BCUT2D eigenvalue weighted by Gasteiger charge is -2.13. The number of pyridine rings is 1. The van der Waals surface area contributed by atoms with Crippen molar-refractivity contribution in [2.75, 3.05) is 19.8 Å². The molecule has 0 amide bonds. The molecule has 1 saturated carbocycles. The molecule has 0 bridgehead atoms. The molecule has 2 aliphatic rings. The summed E-state index contributed by atoms with van der Waals surface area (Å²) in [5.74, 6) is 3.17. The lowest BCUT2D eigenvalue weighted by Crippen LogP contribution is -2.30. The minimum absolute atomic E-state index is 0.475. The number of hydrogen-bond donors (Lipinski definition) is 1. The van der Waals surface area contributed by atoms with Crippen LogP contribution in [0.15, 0.2) is 22.9 Å². The van der Waals surface area contributed by atoms with Crippen LogP contribution in [0, 0.1) is 12.8 Å². The minimum atomic E-state index is -0.502. The van der Waals surface area contributed by atoms with E-state index in [-0.39, 0.29) is 0 Å². The van der Waals surface area contributed by atoms with Crippen molar-refractivity contribution in [2.24, 2.45) is 11.7 Å². The van der Waals surface area contributed by atoms with Crippen LogP contribution in [0.5, 0.6) is 5.88 Å². The van der Waals surface area contributed by atoms with Gasteiger partial charge in [-0.1, -0.05) is 11.2 Å². The molecule has 4 rings (SSSR count). The van der Waals surface area contributed by atoms with E-state index in [0.717, 1.165) is 38.0 Å². The summed E-state index contributed by atoms with van der Waals surface area (Å²) in [7, 11) is 0. The summed E-state index contributed by atoms with van der Waals surface area (Å²) in [6, 6.07) is 4.10. The largest absolute Gasteiger partial charge is 0.477 e. The van der Waals surface area contributed by atoms with Crippen molar-refractivity contribution in [1.82, 2.24) is 15.1 Å². The van der Waals surface area contributed by atoms with Gasteiger partial charge in [-0.2, -0.15) is 4.98 Å². The molecule has 2 N–H and O–H groups in total. The Morgan fingerprint density at radius 2 is 2.12 bits per heavy atom. The van der Waals surface area contributed by atoms with Gasteiger partial charge in [-0.25, -0.2) is 4.98 Å². The van der Waals surface area contributed by atoms with Crippen molar-refractivity contribution in [1.29, 1.82) is 0 Å². The summed E-state index contributed by atoms with van der Waals surface area (Å²) >= 11 is 0. The highest BCUT2D eigenvalue weighted by molar-refractivity contribution is 5.30. The third-order valence-electron chi connectivity index (χ3n) is 4.43. The van der Waals surface area contributed by atoms with Crippen LogP contribution < -0.4 is 10.5 Å². The van der Waals surface area contributed by atoms with E-state index in [9.17, 15) is 0 Å². The smallest absolute Gasteiger partial charge is 0.223 e. The molecule has 2 fully saturated rings. The van der Waals surface area contributed by atoms with E-state index < -0.39 is 5.54 Å². The zero-order valence-electron chi connectivity index (χ0n) is 15.8. The fourth-order valence-electron chi connectivity index (χ4n) is 2.66. The Bertz CT molecular complexity index is 701. The van der Waals surface area contributed by atoms with Gasteiger partial charge in [0.15, 0.2) is 5.82 Å². The second-order valence-electron chi connectivity index (χ2n) is 7.57. The van der Waals surface area contributed by atoms with Gasteiger partial charge >= 0.3 is 0 Å². The van der Waals surface area contributed by atoms with Gasteiger partial charge in [0.05, 0.1) is 18.8 Å². The first kappa shape index (κ1) is 18.8. The number of ether oxygens (including phenoxy) is 2. The van der Waals surface area contributed by atoms with Gasteiger partial charge in [0.2, 0.25) is 11.8 Å². The van der Waals surface area contributed by atoms with Crippen LogP contribution >= 0.6 is 0 Å². The van der Waals surface area contributed by atoms with Crippen molar-refractivity contribution in [2.45, 2.75) is 51.5 Å². The average Bonchev–Trinajstić information content (AvgIpc) is 3.07. The second kappa shape index (κ2) is 8.14. The first-order valence-electron chi connectivity index (χ1n) is 9.18. The molecule has 0 radical (unpaired) electrons. The highest BCUT2D eigenvalue weighted by atomic mass is 16.5. The molecule has 0 aromatic carbocycles. The Hall–Kier alpha value is -1.99. The fraction of sp³-hybridized carbons (Fsp3) is 0.632. The number of aryl methyl sites for hydroxylation is 1. The molecular weight excluding hydrogens is 332 g/mol. The second-order valence-corrected chi connectivity index (χ2v) is 7.57.